The van der Waals surface area contributed by atoms with Gasteiger partial charge in [0.25, 0.3) is 5.91 Å². The van der Waals surface area contributed by atoms with Crippen LogP contribution in [0.2, 0.25) is 0 Å². The van der Waals surface area contributed by atoms with E-state index in [4.69, 9.17) is 5.11 Å². The number of carbonyl (C=O) groups is 2. The Balaban J connectivity index is 3.05. The molecule has 0 aliphatic carbocycles. The maximum atomic E-state index is 12.1. The van der Waals surface area contributed by atoms with Gasteiger partial charge >= 0.3 is 5.97 Å². The molecule has 2 N–H and O–H groups in total. The minimum absolute atomic E-state index is 0.220. The highest BCUT2D eigenvalue weighted by Crippen LogP contribution is 2.19. The molecule has 1 aromatic heterocycles. The third kappa shape index (κ3) is 3.33. The van der Waals surface area contributed by atoms with Gasteiger partial charge in [0.15, 0.2) is 0 Å². The molecule has 6 nitrogen and oxygen atoms in total. The zero-order chi connectivity index (χ0) is 14.8. The first-order valence-electron chi connectivity index (χ1n) is 6.29. The number of carboxylic acid groups (broad SMARTS) is 1. The molecule has 1 aromatic rings. The summed E-state index contributed by atoms with van der Waals surface area (Å²) >= 11 is 0. The van der Waals surface area contributed by atoms with Crippen molar-refractivity contribution in [3.8, 4) is 0 Å². The van der Waals surface area contributed by atoms with Crippen molar-refractivity contribution in [2.75, 3.05) is 0 Å². The van der Waals surface area contributed by atoms with E-state index < -0.39 is 17.9 Å². The summed E-state index contributed by atoms with van der Waals surface area (Å²) in [5.74, 6) is -1.46. The Morgan fingerprint density at radius 1 is 1.47 bits per heavy atom. The summed E-state index contributed by atoms with van der Waals surface area (Å²) in [5, 5.41) is 15.5. The second-order valence-corrected chi connectivity index (χ2v) is 5.47. The predicted molar refractivity (Wildman–Crippen MR) is 71.2 cm³/mol. The summed E-state index contributed by atoms with van der Waals surface area (Å²) in [4.78, 5) is 22.8. The Morgan fingerprint density at radius 2 is 2.05 bits per heavy atom. The van der Waals surface area contributed by atoms with E-state index >= 15 is 0 Å². The van der Waals surface area contributed by atoms with Gasteiger partial charge in [-0.05, 0) is 34.1 Å². The van der Waals surface area contributed by atoms with Crippen molar-refractivity contribution in [2.24, 2.45) is 0 Å². The molecule has 106 valence electrons. The summed E-state index contributed by atoms with van der Waals surface area (Å²) in [6, 6.07) is -0.921. The lowest BCUT2D eigenvalue weighted by atomic mass is 10.1. The third-order valence-electron chi connectivity index (χ3n) is 2.80. The summed E-state index contributed by atoms with van der Waals surface area (Å²) in [5.41, 5.74) is 1.02. The Bertz CT molecular complexity index is 486. The number of aliphatic carboxylic acids is 1. The Morgan fingerprint density at radius 3 is 2.47 bits per heavy atom. The smallest absolute Gasteiger partial charge is 0.325 e. The Kier molecular flexibility index (Phi) is 4.34. The van der Waals surface area contributed by atoms with E-state index in [2.05, 4.69) is 10.4 Å². The summed E-state index contributed by atoms with van der Waals surface area (Å²) in [6.45, 7) is 9.37. The van der Waals surface area contributed by atoms with Crippen molar-refractivity contribution < 1.29 is 14.7 Å². The van der Waals surface area contributed by atoms with E-state index in [1.54, 1.807) is 4.68 Å². The minimum atomic E-state index is -1.06. The Labute approximate surface area is 112 Å². The molecule has 0 saturated carbocycles. The predicted octanol–water partition coefficient (Wildman–Crippen LogP) is 1.40. The summed E-state index contributed by atoms with van der Waals surface area (Å²) < 4.78 is 1.80. The molecule has 0 fully saturated rings. The molecule has 0 aromatic carbocycles. The highest BCUT2D eigenvalue weighted by Gasteiger charge is 2.24. The number of rotatable bonds is 4. The lowest BCUT2D eigenvalue weighted by Crippen LogP contribution is -2.38. The van der Waals surface area contributed by atoms with Gasteiger partial charge in [0.05, 0.1) is 23.0 Å². The van der Waals surface area contributed by atoms with E-state index in [9.17, 15) is 9.59 Å². The topological polar surface area (TPSA) is 84.2 Å². The van der Waals surface area contributed by atoms with Gasteiger partial charge in [0, 0.05) is 0 Å². The van der Waals surface area contributed by atoms with Crippen LogP contribution in [0.25, 0.3) is 0 Å². The summed E-state index contributed by atoms with van der Waals surface area (Å²) in [6.07, 6.45) is 2.15. The normalized spacial score (nSPS) is 13.1. The first-order chi connectivity index (χ1) is 8.68. The van der Waals surface area contributed by atoms with Gasteiger partial charge in [-0.15, -0.1) is 0 Å². The fourth-order valence-electron chi connectivity index (χ4n) is 1.82. The molecule has 1 amide bonds. The van der Waals surface area contributed by atoms with Crippen LogP contribution in [0.15, 0.2) is 6.20 Å². The highest BCUT2D eigenvalue weighted by atomic mass is 16.4. The fraction of sp³-hybridized carbons (Fsp3) is 0.615. The molecule has 0 spiro atoms. The second-order valence-electron chi connectivity index (χ2n) is 5.47. The molecule has 1 rings (SSSR count). The zero-order valence-corrected chi connectivity index (χ0v) is 12.0. The van der Waals surface area contributed by atoms with Gasteiger partial charge in [0.2, 0.25) is 0 Å². The van der Waals surface area contributed by atoms with E-state index in [0.717, 1.165) is 5.69 Å². The molecule has 1 heterocycles. The van der Waals surface area contributed by atoms with Crippen molar-refractivity contribution in [3.05, 3.63) is 17.5 Å². The van der Waals surface area contributed by atoms with E-state index in [-0.39, 0.29) is 5.54 Å². The minimum Gasteiger partial charge on any atom is -0.480 e. The van der Waals surface area contributed by atoms with Crippen LogP contribution in [0.3, 0.4) is 0 Å². The molecule has 19 heavy (non-hydrogen) atoms. The number of nitrogens with one attached hydrogen (secondary N) is 1. The van der Waals surface area contributed by atoms with Crippen LogP contribution in [0, 0.1) is 0 Å². The van der Waals surface area contributed by atoms with E-state index in [0.29, 0.717) is 12.0 Å². The van der Waals surface area contributed by atoms with Crippen LogP contribution in [0.1, 0.15) is 50.7 Å². The van der Waals surface area contributed by atoms with Crippen molar-refractivity contribution in [3.63, 3.8) is 0 Å². The second kappa shape index (κ2) is 5.42. The van der Waals surface area contributed by atoms with Crippen molar-refractivity contribution in [1.29, 1.82) is 0 Å². The average molecular weight is 267 g/mol. The van der Waals surface area contributed by atoms with E-state index in [1.807, 2.05) is 27.7 Å². The molecule has 6 heteroatoms. The fourth-order valence-corrected chi connectivity index (χ4v) is 1.82. The van der Waals surface area contributed by atoms with Gasteiger partial charge in [-0.25, -0.2) is 0 Å². The van der Waals surface area contributed by atoms with Crippen molar-refractivity contribution in [2.45, 2.75) is 52.6 Å². The molecule has 0 radical (unpaired) electrons. The zero-order valence-electron chi connectivity index (χ0n) is 12.0. The van der Waals surface area contributed by atoms with Gasteiger partial charge in [-0.2, -0.15) is 5.10 Å². The number of aromatic nitrogens is 2. The number of carboxylic acids is 1. The number of carbonyl (C=O) groups excluding carboxylic acids is 1. The molecular formula is C13H21N3O3. The highest BCUT2D eigenvalue weighted by molar-refractivity contribution is 5.97. The molecular weight excluding hydrogens is 246 g/mol. The first-order valence-corrected chi connectivity index (χ1v) is 6.29. The maximum Gasteiger partial charge on any atom is 0.325 e. The number of amides is 1. The van der Waals surface area contributed by atoms with Crippen molar-refractivity contribution >= 4 is 11.9 Å². The SMILES string of the molecule is CCc1c(C(=O)NC(C)C(=O)O)cnn1C(C)(C)C. The summed E-state index contributed by atoms with van der Waals surface area (Å²) in [7, 11) is 0. The third-order valence-corrected chi connectivity index (χ3v) is 2.80. The van der Waals surface area contributed by atoms with Crippen LogP contribution in [-0.2, 0) is 16.8 Å². The molecule has 0 aliphatic heterocycles. The molecule has 0 saturated heterocycles. The van der Waals surface area contributed by atoms with Crippen LogP contribution in [0.5, 0.6) is 0 Å². The lowest BCUT2D eigenvalue weighted by molar-refractivity contribution is -0.138. The molecule has 1 atom stereocenters. The number of hydrogen-bond donors (Lipinski definition) is 2. The van der Waals surface area contributed by atoms with Gasteiger partial charge in [-0.3, -0.25) is 14.3 Å². The molecule has 0 aliphatic rings. The first kappa shape index (κ1) is 15.2. The lowest BCUT2D eigenvalue weighted by Gasteiger charge is -2.22. The van der Waals surface area contributed by atoms with Gasteiger partial charge < -0.3 is 10.4 Å². The monoisotopic (exact) mass is 267 g/mol. The van der Waals surface area contributed by atoms with Crippen LogP contribution in [0.4, 0.5) is 0 Å². The van der Waals surface area contributed by atoms with Gasteiger partial charge in [0.1, 0.15) is 6.04 Å². The van der Waals surface area contributed by atoms with Crippen LogP contribution in [-0.4, -0.2) is 32.8 Å². The number of nitrogens with zero attached hydrogens (tertiary/aromatic N) is 2. The van der Waals surface area contributed by atoms with Crippen LogP contribution >= 0.6 is 0 Å². The van der Waals surface area contributed by atoms with Crippen LogP contribution < -0.4 is 5.32 Å². The quantitative estimate of drug-likeness (QED) is 0.863. The van der Waals surface area contributed by atoms with E-state index in [1.165, 1.54) is 13.1 Å². The molecule has 0 bridgehead atoms. The Hall–Kier alpha value is -1.85. The standard InChI is InChI=1S/C13H21N3O3/c1-6-10-9(7-14-16(10)13(3,4)5)11(17)15-8(2)12(18)19/h7-8H,6H2,1-5H3,(H,15,17)(H,18,19). The molecule has 1 unspecified atom stereocenters. The van der Waals surface area contributed by atoms with Crippen molar-refractivity contribution in [1.82, 2.24) is 15.1 Å². The van der Waals surface area contributed by atoms with Gasteiger partial charge in [-0.1, -0.05) is 6.92 Å². The largest absolute Gasteiger partial charge is 0.480 e. The number of hydrogen-bond acceptors (Lipinski definition) is 3. The average Bonchev–Trinajstić information content (AvgIpc) is 2.71. The maximum absolute atomic E-state index is 12.1.